The van der Waals surface area contributed by atoms with Crippen molar-refractivity contribution in [3.8, 4) is 5.75 Å². The van der Waals surface area contributed by atoms with Gasteiger partial charge in [-0.1, -0.05) is 11.6 Å². The summed E-state index contributed by atoms with van der Waals surface area (Å²) in [6.07, 6.45) is 0.517. The molecule has 0 spiro atoms. The molecule has 6 nitrogen and oxygen atoms in total. The quantitative estimate of drug-likeness (QED) is 0.663. The molecule has 0 saturated heterocycles. The minimum absolute atomic E-state index is 0.0456. The first-order chi connectivity index (χ1) is 9.51. The second kappa shape index (κ2) is 8.43. The molecule has 0 bridgehead atoms. The number of nitrogens with one attached hydrogen (secondary N) is 1. The molecule has 0 aliphatic carbocycles. The highest BCUT2D eigenvalue weighted by atomic mass is 35.5. The number of hydrogen-bond donors (Lipinski definition) is 2. The predicted molar refractivity (Wildman–Crippen MR) is 75.7 cm³/mol. The summed E-state index contributed by atoms with van der Waals surface area (Å²) in [5, 5.41) is 8.75. The molecule has 0 fully saturated rings. The van der Waals surface area contributed by atoms with Gasteiger partial charge in [0.1, 0.15) is 5.75 Å². The highest BCUT2D eigenvalue weighted by Crippen LogP contribution is 2.26. The summed E-state index contributed by atoms with van der Waals surface area (Å²) in [5.41, 5.74) is 0. The average Bonchev–Trinajstić information content (AvgIpc) is 2.42. The van der Waals surface area contributed by atoms with E-state index in [-0.39, 0.29) is 29.7 Å². The van der Waals surface area contributed by atoms with Gasteiger partial charge in [0.25, 0.3) is 0 Å². The van der Waals surface area contributed by atoms with Crippen LogP contribution in [0, 0.1) is 0 Å². The van der Waals surface area contributed by atoms with Gasteiger partial charge in [-0.15, -0.1) is 0 Å². The molecule has 0 aliphatic rings. The van der Waals surface area contributed by atoms with Gasteiger partial charge in [0, 0.05) is 13.2 Å². The molecular formula is C12H18ClNO5S. The molecule has 20 heavy (non-hydrogen) atoms. The van der Waals surface area contributed by atoms with E-state index in [9.17, 15) is 8.42 Å². The first-order valence-electron chi connectivity index (χ1n) is 6.03. The Bertz CT molecular complexity index is 521. The van der Waals surface area contributed by atoms with E-state index in [2.05, 4.69) is 4.72 Å². The van der Waals surface area contributed by atoms with Crippen molar-refractivity contribution in [2.24, 2.45) is 0 Å². The van der Waals surface area contributed by atoms with Crippen LogP contribution in [0.4, 0.5) is 0 Å². The molecule has 1 aromatic carbocycles. The lowest BCUT2D eigenvalue weighted by Gasteiger charge is -2.09. The van der Waals surface area contributed by atoms with E-state index in [1.807, 2.05) is 0 Å². The van der Waals surface area contributed by atoms with Crippen molar-refractivity contribution in [2.75, 3.05) is 33.5 Å². The molecule has 0 atom stereocenters. The number of rotatable bonds is 9. The molecular weight excluding hydrogens is 306 g/mol. The van der Waals surface area contributed by atoms with Crippen LogP contribution in [0.1, 0.15) is 6.42 Å². The van der Waals surface area contributed by atoms with Crippen molar-refractivity contribution < 1.29 is 23.0 Å². The summed E-state index contributed by atoms with van der Waals surface area (Å²) in [6.45, 7) is 0.834. The molecule has 114 valence electrons. The van der Waals surface area contributed by atoms with Gasteiger partial charge in [-0.3, -0.25) is 0 Å². The molecule has 0 aromatic heterocycles. The van der Waals surface area contributed by atoms with Gasteiger partial charge in [-0.2, -0.15) is 0 Å². The summed E-state index contributed by atoms with van der Waals surface area (Å²) in [6, 6.07) is 4.27. The largest absolute Gasteiger partial charge is 0.495 e. The normalized spacial score (nSPS) is 11.6. The zero-order valence-electron chi connectivity index (χ0n) is 11.1. The van der Waals surface area contributed by atoms with Gasteiger partial charge in [0.2, 0.25) is 10.0 Å². The van der Waals surface area contributed by atoms with E-state index in [4.69, 9.17) is 26.2 Å². The monoisotopic (exact) mass is 323 g/mol. The minimum Gasteiger partial charge on any atom is -0.495 e. The van der Waals surface area contributed by atoms with Crippen LogP contribution in [-0.2, 0) is 14.8 Å². The van der Waals surface area contributed by atoms with E-state index in [1.165, 1.54) is 25.3 Å². The maximum atomic E-state index is 12.0. The third-order valence-electron chi connectivity index (χ3n) is 2.43. The van der Waals surface area contributed by atoms with E-state index in [1.54, 1.807) is 0 Å². The number of hydrogen-bond acceptors (Lipinski definition) is 5. The molecule has 1 aromatic rings. The van der Waals surface area contributed by atoms with Crippen LogP contribution in [0.15, 0.2) is 23.1 Å². The van der Waals surface area contributed by atoms with Gasteiger partial charge >= 0.3 is 0 Å². The van der Waals surface area contributed by atoms with Gasteiger partial charge in [-0.25, -0.2) is 13.1 Å². The number of sulfonamides is 1. The Morgan fingerprint density at radius 2 is 2.10 bits per heavy atom. The average molecular weight is 324 g/mol. The van der Waals surface area contributed by atoms with Crippen LogP contribution in [0.5, 0.6) is 5.75 Å². The Hall–Kier alpha value is -0.860. The number of halogens is 1. The topological polar surface area (TPSA) is 84.9 Å². The second-order valence-electron chi connectivity index (χ2n) is 3.88. The van der Waals surface area contributed by atoms with Gasteiger partial charge in [-0.05, 0) is 24.6 Å². The molecule has 0 heterocycles. The second-order valence-corrected chi connectivity index (χ2v) is 6.06. The zero-order chi connectivity index (χ0) is 15.0. The summed E-state index contributed by atoms with van der Waals surface area (Å²) in [7, 11) is -2.14. The fraction of sp³-hybridized carbons (Fsp3) is 0.500. The molecule has 8 heteroatoms. The van der Waals surface area contributed by atoms with Crippen LogP contribution in [0.25, 0.3) is 0 Å². The molecule has 0 radical (unpaired) electrons. The molecule has 0 amide bonds. The van der Waals surface area contributed by atoms with Crippen molar-refractivity contribution in [2.45, 2.75) is 11.3 Å². The molecule has 1 rings (SSSR count). The first-order valence-corrected chi connectivity index (χ1v) is 7.89. The fourth-order valence-electron chi connectivity index (χ4n) is 1.44. The number of aliphatic hydroxyl groups is 1. The lowest BCUT2D eigenvalue weighted by molar-refractivity contribution is 0.0913. The van der Waals surface area contributed by atoms with Gasteiger partial charge in [0.15, 0.2) is 0 Å². The van der Waals surface area contributed by atoms with Crippen molar-refractivity contribution in [1.29, 1.82) is 0 Å². The number of aliphatic hydroxyl groups excluding tert-OH is 1. The highest BCUT2D eigenvalue weighted by molar-refractivity contribution is 7.89. The number of benzene rings is 1. The zero-order valence-corrected chi connectivity index (χ0v) is 12.7. The van der Waals surface area contributed by atoms with E-state index in [0.717, 1.165) is 0 Å². The Kier molecular flexibility index (Phi) is 7.25. The summed E-state index contributed by atoms with van der Waals surface area (Å²) >= 11 is 5.89. The van der Waals surface area contributed by atoms with Crippen molar-refractivity contribution >= 4 is 21.6 Å². The summed E-state index contributed by atoms with van der Waals surface area (Å²) in [4.78, 5) is 0.0829. The van der Waals surface area contributed by atoms with Crippen molar-refractivity contribution in [3.63, 3.8) is 0 Å². The van der Waals surface area contributed by atoms with Crippen LogP contribution < -0.4 is 9.46 Å². The van der Waals surface area contributed by atoms with E-state index in [0.29, 0.717) is 18.8 Å². The molecule has 0 unspecified atom stereocenters. The highest BCUT2D eigenvalue weighted by Gasteiger charge is 2.15. The van der Waals surface area contributed by atoms with Crippen LogP contribution in [0.3, 0.4) is 0 Å². The maximum absolute atomic E-state index is 12.0. The smallest absolute Gasteiger partial charge is 0.240 e. The SMILES string of the molecule is COc1ccc(S(=O)(=O)NCCCOCCO)cc1Cl. The molecule has 2 N–H and O–H groups in total. The predicted octanol–water partition coefficient (Wildman–Crippen LogP) is 1.03. The van der Waals surface area contributed by atoms with Crippen LogP contribution in [0.2, 0.25) is 5.02 Å². The Labute approximate surface area is 123 Å². The van der Waals surface area contributed by atoms with E-state index < -0.39 is 10.0 Å². The molecule has 0 saturated carbocycles. The van der Waals surface area contributed by atoms with Crippen LogP contribution >= 0.6 is 11.6 Å². The van der Waals surface area contributed by atoms with E-state index >= 15 is 0 Å². The van der Waals surface area contributed by atoms with Crippen molar-refractivity contribution in [3.05, 3.63) is 23.2 Å². The first kappa shape index (κ1) is 17.2. The standard InChI is InChI=1S/C12H18ClNO5S/c1-18-12-4-3-10(9-11(12)13)20(16,17)14-5-2-7-19-8-6-15/h3-4,9,14-15H,2,5-8H2,1H3. The number of methoxy groups -OCH3 is 1. The van der Waals surface area contributed by atoms with Crippen molar-refractivity contribution in [1.82, 2.24) is 4.72 Å². The third-order valence-corrected chi connectivity index (χ3v) is 4.18. The Morgan fingerprint density at radius 1 is 1.35 bits per heavy atom. The minimum atomic E-state index is -3.60. The van der Waals surface area contributed by atoms with Gasteiger partial charge in [0.05, 0.1) is 30.2 Å². The lowest BCUT2D eigenvalue weighted by atomic mass is 10.3. The third kappa shape index (κ3) is 5.26. The van der Waals surface area contributed by atoms with Gasteiger partial charge < -0.3 is 14.6 Å². The Morgan fingerprint density at radius 3 is 2.70 bits per heavy atom. The molecule has 0 aliphatic heterocycles. The number of ether oxygens (including phenoxy) is 2. The lowest BCUT2D eigenvalue weighted by Crippen LogP contribution is -2.25. The fourth-order valence-corrected chi connectivity index (χ4v) is 2.87. The van der Waals surface area contributed by atoms with Crippen LogP contribution in [-0.4, -0.2) is 47.0 Å². The maximum Gasteiger partial charge on any atom is 0.240 e. The Balaban J connectivity index is 2.54. The summed E-state index contributed by atoms with van der Waals surface area (Å²) < 4.78 is 36.4. The summed E-state index contributed by atoms with van der Waals surface area (Å²) in [5.74, 6) is 0.419.